The largest absolute Gasteiger partial charge is 0.313 e. The van der Waals surface area contributed by atoms with E-state index in [0.717, 1.165) is 25.4 Å². The number of aryl methyl sites for hydroxylation is 1. The van der Waals surface area contributed by atoms with E-state index in [1.165, 1.54) is 24.0 Å². The van der Waals surface area contributed by atoms with Crippen LogP contribution in [0, 0.1) is 5.92 Å². The summed E-state index contributed by atoms with van der Waals surface area (Å²) in [6.45, 7) is 6.44. The molecule has 96 valence electrons. The Morgan fingerprint density at radius 3 is 2.41 bits per heavy atom. The van der Waals surface area contributed by atoms with Gasteiger partial charge in [0.05, 0.1) is 0 Å². The van der Waals surface area contributed by atoms with Crippen LogP contribution < -0.4 is 5.32 Å². The zero-order valence-electron chi connectivity index (χ0n) is 11.0. The third-order valence-corrected chi connectivity index (χ3v) is 3.60. The van der Waals surface area contributed by atoms with Crippen molar-refractivity contribution in [3.63, 3.8) is 0 Å². The number of benzene rings is 1. The standard InChI is InChI=1S/C15H24ClN/c1-3-14-6-8-15(9-7-14)12-17-10-4-5-13(2)11-16/h6-9,13,17H,3-5,10-12H2,1-2H3. The highest BCUT2D eigenvalue weighted by atomic mass is 35.5. The molecule has 0 saturated heterocycles. The fourth-order valence-electron chi connectivity index (χ4n) is 1.78. The first-order valence-electron chi connectivity index (χ1n) is 6.60. The molecule has 0 bridgehead atoms. The van der Waals surface area contributed by atoms with Gasteiger partial charge in [-0.25, -0.2) is 0 Å². The van der Waals surface area contributed by atoms with Gasteiger partial charge in [0.1, 0.15) is 0 Å². The van der Waals surface area contributed by atoms with Gasteiger partial charge in [-0.2, -0.15) is 0 Å². The van der Waals surface area contributed by atoms with Crippen LogP contribution >= 0.6 is 11.6 Å². The second-order valence-corrected chi connectivity index (χ2v) is 5.06. The van der Waals surface area contributed by atoms with Gasteiger partial charge in [-0.3, -0.25) is 0 Å². The fourth-order valence-corrected chi connectivity index (χ4v) is 1.93. The van der Waals surface area contributed by atoms with Crippen LogP contribution in [-0.2, 0) is 13.0 Å². The van der Waals surface area contributed by atoms with Crippen molar-refractivity contribution in [2.24, 2.45) is 5.92 Å². The summed E-state index contributed by atoms with van der Waals surface area (Å²) in [7, 11) is 0. The molecule has 0 fully saturated rings. The molecule has 1 unspecified atom stereocenters. The van der Waals surface area contributed by atoms with Crippen molar-refractivity contribution in [2.75, 3.05) is 12.4 Å². The van der Waals surface area contributed by atoms with E-state index in [1.807, 2.05) is 0 Å². The van der Waals surface area contributed by atoms with Gasteiger partial charge in [0.15, 0.2) is 0 Å². The van der Waals surface area contributed by atoms with Crippen LogP contribution in [0.3, 0.4) is 0 Å². The molecule has 0 saturated carbocycles. The van der Waals surface area contributed by atoms with Crippen molar-refractivity contribution in [3.8, 4) is 0 Å². The fraction of sp³-hybridized carbons (Fsp3) is 0.600. The van der Waals surface area contributed by atoms with Crippen LogP contribution in [-0.4, -0.2) is 12.4 Å². The van der Waals surface area contributed by atoms with Crippen LogP contribution in [0.25, 0.3) is 0 Å². The molecule has 0 heterocycles. The van der Waals surface area contributed by atoms with E-state index in [-0.39, 0.29) is 0 Å². The van der Waals surface area contributed by atoms with Gasteiger partial charge in [-0.05, 0) is 42.9 Å². The van der Waals surface area contributed by atoms with Gasteiger partial charge in [0.25, 0.3) is 0 Å². The first kappa shape index (κ1) is 14.5. The van der Waals surface area contributed by atoms with E-state index in [9.17, 15) is 0 Å². The third-order valence-electron chi connectivity index (χ3n) is 3.07. The van der Waals surface area contributed by atoms with Crippen molar-refractivity contribution in [2.45, 2.75) is 39.7 Å². The van der Waals surface area contributed by atoms with Crippen LogP contribution in [0.1, 0.15) is 37.8 Å². The van der Waals surface area contributed by atoms with Crippen molar-refractivity contribution in [1.29, 1.82) is 0 Å². The average molecular weight is 254 g/mol. The zero-order valence-corrected chi connectivity index (χ0v) is 11.8. The summed E-state index contributed by atoms with van der Waals surface area (Å²) >= 11 is 5.77. The van der Waals surface area contributed by atoms with Crippen molar-refractivity contribution < 1.29 is 0 Å². The maximum absolute atomic E-state index is 5.77. The molecule has 2 heteroatoms. The summed E-state index contributed by atoms with van der Waals surface area (Å²) in [5.41, 5.74) is 2.78. The highest BCUT2D eigenvalue weighted by molar-refractivity contribution is 6.18. The van der Waals surface area contributed by atoms with Gasteiger partial charge >= 0.3 is 0 Å². The Morgan fingerprint density at radius 2 is 1.82 bits per heavy atom. The Morgan fingerprint density at radius 1 is 1.18 bits per heavy atom. The average Bonchev–Trinajstić information content (AvgIpc) is 2.38. The monoisotopic (exact) mass is 253 g/mol. The van der Waals surface area contributed by atoms with Crippen LogP contribution in [0.15, 0.2) is 24.3 Å². The summed E-state index contributed by atoms with van der Waals surface area (Å²) in [6.07, 6.45) is 3.54. The molecule has 0 aromatic heterocycles. The molecule has 0 aliphatic rings. The predicted molar refractivity (Wildman–Crippen MR) is 76.6 cm³/mol. The lowest BCUT2D eigenvalue weighted by molar-refractivity contribution is 0.531. The minimum atomic E-state index is 0.641. The minimum Gasteiger partial charge on any atom is -0.313 e. The molecular weight excluding hydrogens is 230 g/mol. The Bertz CT molecular complexity index is 294. The Hall–Kier alpha value is -0.530. The lowest BCUT2D eigenvalue weighted by Gasteiger charge is -2.08. The molecule has 0 aliphatic carbocycles. The molecule has 1 aromatic carbocycles. The van der Waals surface area contributed by atoms with Gasteiger partial charge in [0, 0.05) is 12.4 Å². The lowest BCUT2D eigenvalue weighted by atomic mass is 10.1. The molecule has 1 aromatic rings. The molecule has 1 nitrogen and oxygen atoms in total. The molecule has 0 spiro atoms. The van der Waals surface area contributed by atoms with E-state index in [1.54, 1.807) is 0 Å². The molecule has 0 radical (unpaired) electrons. The van der Waals surface area contributed by atoms with Gasteiger partial charge in [0.2, 0.25) is 0 Å². The molecular formula is C15H24ClN. The van der Waals surface area contributed by atoms with Crippen molar-refractivity contribution in [1.82, 2.24) is 5.32 Å². The zero-order chi connectivity index (χ0) is 12.5. The van der Waals surface area contributed by atoms with E-state index >= 15 is 0 Å². The first-order valence-corrected chi connectivity index (χ1v) is 7.14. The summed E-state index contributed by atoms with van der Waals surface area (Å²) in [5.74, 6) is 1.42. The number of nitrogens with one attached hydrogen (secondary N) is 1. The maximum atomic E-state index is 5.77. The first-order chi connectivity index (χ1) is 8.26. The number of alkyl halides is 1. The molecule has 1 atom stereocenters. The van der Waals surface area contributed by atoms with E-state index in [4.69, 9.17) is 11.6 Å². The SMILES string of the molecule is CCc1ccc(CNCCCC(C)CCl)cc1. The molecule has 1 rings (SSSR count). The second-order valence-electron chi connectivity index (χ2n) is 4.75. The van der Waals surface area contributed by atoms with Crippen LogP contribution in [0.2, 0.25) is 0 Å². The second kappa shape index (κ2) is 8.54. The normalized spacial score (nSPS) is 12.6. The summed E-state index contributed by atoms with van der Waals surface area (Å²) in [4.78, 5) is 0. The van der Waals surface area contributed by atoms with Crippen molar-refractivity contribution >= 4 is 11.6 Å². The minimum absolute atomic E-state index is 0.641. The van der Waals surface area contributed by atoms with Gasteiger partial charge < -0.3 is 5.32 Å². The predicted octanol–water partition coefficient (Wildman–Crippen LogP) is 3.99. The van der Waals surface area contributed by atoms with Crippen molar-refractivity contribution in [3.05, 3.63) is 35.4 Å². The topological polar surface area (TPSA) is 12.0 Å². The maximum Gasteiger partial charge on any atom is 0.0249 e. The quantitative estimate of drug-likeness (QED) is 0.546. The molecule has 0 amide bonds. The van der Waals surface area contributed by atoms with Gasteiger partial charge in [-0.1, -0.05) is 38.1 Å². The molecule has 0 aliphatic heterocycles. The third kappa shape index (κ3) is 6.09. The van der Waals surface area contributed by atoms with Crippen LogP contribution in [0.4, 0.5) is 0 Å². The Kier molecular flexibility index (Phi) is 7.30. The Balaban J connectivity index is 2.13. The van der Waals surface area contributed by atoms with Crippen LogP contribution in [0.5, 0.6) is 0 Å². The summed E-state index contributed by atoms with van der Waals surface area (Å²) in [5, 5.41) is 3.48. The van der Waals surface area contributed by atoms with Gasteiger partial charge in [-0.15, -0.1) is 11.6 Å². The number of hydrogen-bond acceptors (Lipinski definition) is 1. The Labute approximate surface area is 111 Å². The number of halogens is 1. The smallest absolute Gasteiger partial charge is 0.0249 e. The van der Waals surface area contributed by atoms with E-state index in [0.29, 0.717) is 5.92 Å². The molecule has 1 N–H and O–H groups in total. The van der Waals surface area contributed by atoms with E-state index < -0.39 is 0 Å². The highest BCUT2D eigenvalue weighted by Crippen LogP contribution is 2.07. The highest BCUT2D eigenvalue weighted by Gasteiger charge is 1.99. The summed E-state index contributed by atoms with van der Waals surface area (Å²) < 4.78 is 0. The summed E-state index contributed by atoms with van der Waals surface area (Å²) in [6, 6.07) is 8.86. The number of rotatable bonds is 8. The molecule has 17 heavy (non-hydrogen) atoms. The lowest BCUT2D eigenvalue weighted by Crippen LogP contribution is -2.15. The van der Waals surface area contributed by atoms with E-state index in [2.05, 4.69) is 43.4 Å². The number of hydrogen-bond donors (Lipinski definition) is 1.